The molecule has 1 aliphatic rings. The Morgan fingerprint density at radius 3 is 2.95 bits per heavy atom. The Bertz CT molecular complexity index is 526. The van der Waals surface area contributed by atoms with E-state index in [2.05, 4.69) is 0 Å². The third-order valence-corrected chi connectivity index (χ3v) is 3.05. The summed E-state index contributed by atoms with van der Waals surface area (Å²) in [4.78, 5) is 33.7. The Kier molecular flexibility index (Phi) is 4.01. The fourth-order valence-electron chi connectivity index (χ4n) is 2.02. The summed E-state index contributed by atoms with van der Waals surface area (Å²) in [7, 11) is 0. The van der Waals surface area contributed by atoms with Crippen LogP contribution in [0.15, 0.2) is 24.3 Å². The van der Waals surface area contributed by atoms with Crippen molar-refractivity contribution in [3.05, 3.63) is 39.9 Å². The maximum Gasteiger partial charge on any atom is 0.269 e. The van der Waals surface area contributed by atoms with Gasteiger partial charge in [-0.15, -0.1) is 0 Å². The van der Waals surface area contributed by atoms with Crippen LogP contribution in [0.2, 0.25) is 0 Å². The molecule has 2 rings (SSSR count). The summed E-state index contributed by atoms with van der Waals surface area (Å²) in [6.45, 7) is 0.478. The minimum Gasteiger partial charge on any atom is -0.380 e. The topological polar surface area (TPSA) is 86.5 Å². The molecule has 6 nitrogen and oxygen atoms in total. The number of Topliss-reactive ketones (excluding diaryl/α,β-unsaturated/α-hetero) is 2. The predicted octanol–water partition coefficient (Wildman–Crippen LogP) is 1.31. The lowest BCUT2D eigenvalue weighted by molar-refractivity contribution is -0.384. The van der Waals surface area contributed by atoms with Crippen LogP contribution in [0.4, 0.5) is 5.69 Å². The average molecular weight is 263 g/mol. The molecule has 1 heterocycles. The molecule has 0 saturated carbocycles. The monoisotopic (exact) mass is 263 g/mol. The molecule has 1 fully saturated rings. The van der Waals surface area contributed by atoms with Crippen LogP contribution >= 0.6 is 0 Å². The third kappa shape index (κ3) is 3.23. The SMILES string of the molecule is O=C1CCOCC1C(=O)Cc1cccc([N+](=O)[O-])c1. The molecular formula is C13H13NO5. The molecule has 19 heavy (non-hydrogen) atoms. The molecule has 0 aromatic heterocycles. The quantitative estimate of drug-likeness (QED) is 0.464. The van der Waals surface area contributed by atoms with E-state index in [1.54, 1.807) is 6.07 Å². The largest absolute Gasteiger partial charge is 0.380 e. The lowest BCUT2D eigenvalue weighted by Gasteiger charge is -2.19. The standard InChI is InChI=1S/C13H13NO5/c15-12-4-5-19-8-11(12)13(16)7-9-2-1-3-10(6-9)14(17)18/h1-3,6,11H,4-5,7-8H2. The first-order valence-corrected chi connectivity index (χ1v) is 5.94. The number of carbonyl (C=O) groups is 2. The summed E-state index contributed by atoms with van der Waals surface area (Å²) < 4.78 is 5.12. The van der Waals surface area contributed by atoms with E-state index in [-0.39, 0.29) is 36.7 Å². The van der Waals surface area contributed by atoms with Crippen LogP contribution in [0.5, 0.6) is 0 Å². The van der Waals surface area contributed by atoms with Crippen LogP contribution in [0.25, 0.3) is 0 Å². The van der Waals surface area contributed by atoms with Crippen molar-refractivity contribution < 1.29 is 19.2 Å². The van der Waals surface area contributed by atoms with Crippen LogP contribution in [0.1, 0.15) is 12.0 Å². The van der Waals surface area contributed by atoms with E-state index in [1.165, 1.54) is 18.2 Å². The van der Waals surface area contributed by atoms with Gasteiger partial charge in [-0.2, -0.15) is 0 Å². The zero-order valence-corrected chi connectivity index (χ0v) is 10.2. The Labute approximate surface area is 109 Å². The summed E-state index contributed by atoms with van der Waals surface area (Å²) in [6.07, 6.45) is 0.271. The number of ether oxygens (including phenoxy) is 1. The predicted molar refractivity (Wildman–Crippen MR) is 65.7 cm³/mol. The van der Waals surface area contributed by atoms with Gasteiger partial charge in [0.1, 0.15) is 11.6 Å². The van der Waals surface area contributed by atoms with Crippen molar-refractivity contribution >= 4 is 17.3 Å². The van der Waals surface area contributed by atoms with Gasteiger partial charge in [0.15, 0.2) is 0 Å². The number of nitro groups is 1. The molecule has 1 atom stereocenters. The molecule has 0 aliphatic carbocycles. The van der Waals surface area contributed by atoms with Gasteiger partial charge in [-0.1, -0.05) is 12.1 Å². The average Bonchev–Trinajstić information content (AvgIpc) is 2.39. The van der Waals surface area contributed by atoms with Crippen LogP contribution in [-0.2, 0) is 20.7 Å². The molecule has 100 valence electrons. The molecule has 1 saturated heterocycles. The molecule has 0 spiro atoms. The Balaban J connectivity index is 2.08. The molecule has 0 bridgehead atoms. The van der Waals surface area contributed by atoms with Crippen molar-refractivity contribution in [2.75, 3.05) is 13.2 Å². The Hall–Kier alpha value is -2.08. The summed E-state index contributed by atoms with van der Waals surface area (Å²) in [5.41, 5.74) is 0.481. The molecular weight excluding hydrogens is 250 g/mol. The molecule has 0 amide bonds. The molecule has 1 aliphatic heterocycles. The van der Waals surface area contributed by atoms with Gasteiger partial charge < -0.3 is 4.74 Å². The van der Waals surface area contributed by atoms with E-state index >= 15 is 0 Å². The van der Waals surface area contributed by atoms with Crippen LogP contribution in [-0.4, -0.2) is 29.7 Å². The minimum absolute atomic E-state index is 0.0153. The number of ketones is 2. The Morgan fingerprint density at radius 1 is 1.47 bits per heavy atom. The number of hydrogen-bond donors (Lipinski definition) is 0. The van der Waals surface area contributed by atoms with Gasteiger partial charge in [-0.3, -0.25) is 19.7 Å². The maximum absolute atomic E-state index is 12.0. The van der Waals surface area contributed by atoms with Gasteiger partial charge >= 0.3 is 0 Å². The van der Waals surface area contributed by atoms with E-state index in [0.717, 1.165) is 0 Å². The minimum atomic E-state index is -0.729. The van der Waals surface area contributed by atoms with Gasteiger partial charge in [0.2, 0.25) is 0 Å². The first-order valence-electron chi connectivity index (χ1n) is 5.94. The molecule has 0 radical (unpaired) electrons. The van der Waals surface area contributed by atoms with Crippen molar-refractivity contribution in [2.45, 2.75) is 12.8 Å². The highest BCUT2D eigenvalue weighted by molar-refractivity contribution is 6.03. The fraction of sp³-hybridized carbons (Fsp3) is 0.385. The zero-order valence-electron chi connectivity index (χ0n) is 10.2. The van der Waals surface area contributed by atoms with Gasteiger partial charge in [-0.25, -0.2) is 0 Å². The van der Waals surface area contributed by atoms with Crippen LogP contribution in [0, 0.1) is 16.0 Å². The van der Waals surface area contributed by atoms with E-state index in [4.69, 9.17) is 4.74 Å². The molecule has 1 unspecified atom stereocenters. The van der Waals surface area contributed by atoms with E-state index in [9.17, 15) is 19.7 Å². The molecule has 0 N–H and O–H groups in total. The van der Waals surface area contributed by atoms with E-state index < -0.39 is 10.8 Å². The third-order valence-electron chi connectivity index (χ3n) is 3.05. The zero-order chi connectivity index (χ0) is 13.8. The number of rotatable bonds is 4. The lowest BCUT2D eigenvalue weighted by atomic mass is 9.92. The van der Waals surface area contributed by atoms with Crippen molar-refractivity contribution in [3.8, 4) is 0 Å². The highest BCUT2D eigenvalue weighted by Gasteiger charge is 2.29. The normalized spacial score (nSPS) is 19.2. The van der Waals surface area contributed by atoms with Crippen molar-refractivity contribution in [3.63, 3.8) is 0 Å². The van der Waals surface area contributed by atoms with Crippen molar-refractivity contribution in [2.24, 2.45) is 5.92 Å². The number of hydrogen-bond acceptors (Lipinski definition) is 5. The number of carbonyl (C=O) groups excluding carboxylic acids is 2. The second-order valence-corrected chi connectivity index (χ2v) is 4.41. The number of nitrogens with zero attached hydrogens (tertiary/aromatic N) is 1. The summed E-state index contributed by atoms with van der Waals surface area (Å²) in [5, 5.41) is 10.6. The first-order chi connectivity index (χ1) is 9.08. The summed E-state index contributed by atoms with van der Waals surface area (Å²) in [6, 6.07) is 5.88. The molecule has 1 aromatic carbocycles. The van der Waals surface area contributed by atoms with Gasteiger partial charge in [-0.05, 0) is 5.56 Å². The molecule has 6 heteroatoms. The highest BCUT2D eigenvalue weighted by atomic mass is 16.6. The lowest BCUT2D eigenvalue weighted by Crippen LogP contribution is -2.34. The Morgan fingerprint density at radius 2 is 2.26 bits per heavy atom. The summed E-state index contributed by atoms with van der Waals surface area (Å²) in [5.74, 6) is -1.08. The summed E-state index contributed by atoms with van der Waals surface area (Å²) >= 11 is 0. The van der Waals surface area contributed by atoms with Gasteiger partial charge in [0.25, 0.3) is 5.69 Å². The second kappa shape index (κ2) is 5.71. The number of non-ortho nitro benzene ring substituents is 1. The first kappa shape index (κ1) is 13.4. The van der Waals surface area contributed by atoms with E-state index in [0.29, 0.717) is 12.2 Å². The van der Waals surface area contributed by atoms with Crippen molar-refractivity contribution in [1.82, 2.24) is 0 Å². The van der Waals surface area contributed by atoms with Crippen LogP contribution in [0.3, 0.4) is 0 Å². The van der Waals surface area contributed by atoms with Crippen molar-refractivity contribution in [1.29, 1.82) is 0 Å². The van der Waals surface area contributed by atoms with Gasteiger partial charge in [0, 0.05) is 25.0 Å². The van der Waals surface area contributed by atoms with E-state index in [1.807, 2.05) is 0 Å². The smallest absolute Gasteiger partial charge is 0.269 e. The number of benzene rings is 1. The van der Waals surface area contributed by atoms with Crippen LogP contribution < -0.4 is 0 Å². The number of nitro benzene ring substituents is 1. The van der Waals surface area contributed by atoms with Gasteiger partial charge in [0.05, 0.1) is 24.1 Å². The second-order valence-electron chi connectivity index (χ2n) is 4.41. The fourth-order valence-corrected chi connectivity index (χ4v) is 2.02. The maximum atomic E-state index is 12.0. The highest BCUT2D eigenvalue weighted by Crippen LogP contribution is 2.17. The molecule has 1 aromatic rings.